The third-order valence-corrected chi connectivity index (χ3v) is 2.97. The molecule has 1 aromatic heterocycles. The molecule has 2 aromatic rings. The van der Waals surface area contributed by atoms with E-state index in [0.29, 0.717) is 16.7 Å². The van der Waals surface area contributed by atoms with Crippen LogP contribution in [-0.4, -0.2) is 26.5 Å². The van der Waals surface area contributed by atoms with Gasteiger partial charge in [0.1, 0.15) is 5.69 Å². The lowest BCUT2D eigenvalue weighted by atomic mass is 10.2. The molecule has 1 N–H and O–H groups in total. The molecule has 0 spiro atoms. The Morgan fingerprint density at radius 1 is 1.53 bits per heavy atom. The van der Waals surface area contributed by atoms with Gasteiger partial charge in [0.15, 0.2) is 0 Å². The lowest BCUT2D eigenvalue weighted by Gasteiger charge is -2.02. The maximum atomic E-state index is 11.0. The summed E-state index contributed by atoms with van der Waals surface area (Å²) in [5.41, 5.74) is 1.11. The van der Waals surface area contributed by atoms with E-state index in [4.69, 9.17) is 0 Å². The Kier molecular flexibility index (Phi) is 4.23. The lowest BCUT2D eigenvalue weighted by molar-refractivity contribution is -0.384. The van der Waals surface area contributed by atoms with Crippen molar-refractivity contribution in [3.05, 3.63) is 44.7 Å². The predicted octanol–water partition coefficient (Wildman–Crippen LogP) is 2.05. The summed E-state index contributed by atoms with van der Waals surface area (Å²) >= 11 is 3.22. The van der Waals surface area contributed by atoms with Crippen molar-refractivity contribution in [2.45, 2.75) is 13.5 Å². The molecule has 100 valence electrons. The molecule has 0 saturated carbocycles. The van der Waals surface area contributed by atoms with Crippen LogP contribution in [0.4, 0.5) is 5.69 Å². The molecular formula is C11H12BrN5O2. The van der Waals surface area contributed by atoms with Crippen LogP contribution in [0.3, 0.4) is 0 Å². The van der Waals surface area contributed by atoms with Gasteiger partial charge < -0.3 is 5.32 Å². The number of rotatable bonds is 5. The Morgan fingerprint density at radius 3 is 3.00 bits per heavy atom. The molecule has 0 fully saturated rings. The molecule has 19 heavy (non-hydrogen) atoms. The number of hydrogen-bond donors (Lipinski definition) is 1. The van der Waals surface area contributed by atoms with Crippen molar-refractivity contribution in [3.63, 3.8) is 0 Å². The first kappa shape index (κ1) is 13.6. The predicted molar refractivity (Wildman–Crippen MR) is 73.1 cm³/mol. The van der Waals surface area contributed by atoms with Gasteiger partial charge in [0.05, 0.1) is 16.8 Å². The van der Waals surface area contributed by atoms with Crippen molar-refractivity contribution in [2.24, 2.45) is 0 Å². The fourth-order valence-corrected chi connectivity index (χ4v) is 1.94. The van der Waals surface area contributed by atoms with E-state index in [9.17, 15) is 10.1 Å². The van der Waals surface area contributed by atoms with Crippen LogP contribution in [0.2, 0.25) is 0 Å². The van der Waals surface area contributed by atoms with Crippen LogP contribution in [-0.2, 0) is 6.54 Å². The molecule has 1 heterocycles. The van der Waals surface area contributed by atoms with Crippen LogP contribution >= 0.6 is 15.9 Å². The minimum Gasteiger partial charge on any atom is -0.311 e. The largest absolute Gasteiger partial charge is 0.311 e. The van der Waals surface area contributed by atoms with Gasteiger partial charge in [-0.1, -0.05) is 28.1 Å². The molecule has 0 atom stereocenters. The van der Waals surface area contributed by atoms with E-state index in [1.165, 1.54) is 10.7 Å². The van der Waals surface area contributed by atoms with Crippen molar-refractivity contribution in [3.8, 4) is 5.69 Å². The fraction of sp³-hybridized carbons (Fsp3) is 0.273. The monoisotopic (exact) mass is 325 g/mol. The summed E-state index contributed by atoms with van der Waals surface area (Å²) < 4.78 is 2.06. The number of benzene rings is 1. The molecule has 0 aliphatic heterocycles. The van der Waals surface area contributed by atoms with E-state index in [2.05, 4.69) is 31.6 Å². The molecule has 8 heteroatoms. The number of halogens is 1. The van der Waals surface area contributed by atoms with Crippen molar-refractivity contribution in [1.82, 2.24) is 20.3 Å². The second kappa shape index (κ2) is 5.89. The smallest absolute Gasteiger partial charge is 0.296 e. The second-order valence-electron chi connectivity index (χ2n) is 3.82. The Morgan fingerprint density at radius 2 is 2.32 bits per heavy atom. The highest BCUT2D eigenvalue weighted by atomic mass is 79.9. The van der Waals surface area contributed by atoms with Crippen LogP contribution in [0.15, 0.2) is 28.9 Å². The summed E-state index contributed by atoms with van der Waals surface area (Å²) in [5, 5.41) is 22.0. The highest BCUT2D eigenvalue weighted by Crippen LogP contribution is 2.26. The number of nitro benzene ring substituents is 1. The van der Waals surface area contributed by atoms with Crippen molar-refractivity contribution < 1.29 is 4.92 Å². The normalized spacial score (nSPS) is 10.6. The first-order chi connectivity index (χ1) is 9.11. The lowest BCUT2D eigenvalue weighted by Crippen LogP contribution is -2.11. The van der Waals surface area contributed by atoms with Crippen molar-refractivity contribution >= 4 is 21.6 Å². The van der Waals surface area contributed by atoms with Crippen LogP contribution < -0.4 is 5.32 Å². The zero-order valence-corrected chi connectivity index (χ0v) is 11.8. The Hall–Kier alpha value is -1.80. The zero-order chi connectivity index (χ0) is 13.8. The first-order valence-electron chi connectivity index (χ1n) is 5.68. The van der Waals surface area contributed by atoms with Crippen LogP contribution in [0.1, 0.15) is 12.6 Å². The zero-order valence-electron chi connectivity index (χ0n) is 10.2. The number of nitrogens with one attached hydrogen (secondary N) is 1. The molecule has 0 aliphatic carbocycles. The Balaban J connectivity index is 2.36. The average molecular weight is 326 g/mol. The number of hydrogen-bond acceptors (Lipinski definition) is 5. The molecule has 0 aliphatic rings. The van der Waals surface area contributed by atoms with Gasteiger partial charge in [-0.15, -0.1) is 5.10 Å². The molecule has 0 amide bonds. The summed E-state index contributed by atoms with van der Waals surface area (Å²) in [5.74, 6) is 0. The maximum absolute atomic E-state index is 11.0. The fourth-order valence-electron chi connectivity index (χ4n) is 1.59. The van der Waals surface area contributed by atoms with E-state index in [1.54, 1.807) is 18.3 Å². The molecule has 1 aromatic carbocycles. The van der Waals surface area contributed by atoms with Gasteiger partial charge in [0, 0.05) is 17.1 Å². The average Bonchev–Trinajstić information content (AvgIpc) is 2.84. The summed E-state index contributed by atoms with van der Waals surface area (Å²) in [6, 6.07) is 4.81. The van der Waals surface area contributed by atoms with Gasteiger partial charge >= 0.3 is 0 Å². The molecule has 2 rings (SSSR count). The van der Waals surface area contributed by atoms with E-state index in [1.807, 2.05) is 6.92 Å². The molecule has 0 unspecified atom stereocenters. The van der Waals surface area contributed by atoms with Crippen molar-refractivity contribution in [2.75, 3.05) is 6.54 Å². The number of nitro groups is 1. The van der Waals surface area contributed by atoms with Crippen LogP contribution in [0, 0.1) is 10.1 Å². The third-order valence-electron chi connectivity index (χ3n) is 2.48. The first-order valence-corrected chi connectivity index (χ1v) is 6.47. The molecule has 7 nitrogen and oxygen atoms in total. The summed E-state index contributed by atoms with van der Waals surface area (Å²) in [4.78, 5) is 10.6. The number of nitrogens with zero attached hydrogens (tertiary/aromatic N) is 4. The van der Waals surface area contributed by atoms with Gasteiger partial charge in [0.2, 0.25) is 0 Å². The highest BCUT2D eigenvalue weighted by molar-refractivity contribution is 9.10. The molecule has 0 bridgehead atoms. The second-order valence-corrected chi connectivity index (χ2v) is 4.74. The van der Waals surface area contributed by atoms with Gasteiger partial charge in [0.25, 0.3) is 5.69 Å². The Bertz CT molecular complexity index is 599. The van der Waals surface area contributed by atoms with Gasteiger partial charge in [-0.25, -0.2) is 4.68 Å². The third kappa shape index (κ3) is 3.15. The van der Waals surface area contributed by atoms with Gasteiger partial charge in [-0.2, -0.15) is 0 Å². The van der Waals surface area contributed by atoms with E-state index >= 15 is 0 Å². The summed E-state index contributed by atoms with van der Waals surface area (Å²) in [7, 11) is 0. The summed E-state index contributed by atoms with van der Waals surface area (Å²) in [6.45, 7) is 3.40. The highest BCUT2D eigenvalue weighted by Gasteiger charge is 2.17. The van der Waals surface area contributed by atoms with Gasteiger partial charge in [-0.3, -0.25) is 10.1 Å². The van der Waals surface area contributed by atoms with Gasteiger partial charge in [-0.05, 0) is 18.7 Å². The van der Waals surface area contributed by atoms with Crippen molar-refractivity contribution in [1.29, 1.82) is 0 Å². The van der Waals surface area contributed by atoms with Crippen LogP contribution in [0.25, 0.3) is 5.69 Å². The molecule has 0 saturated heterocycles. The summed E-state index contributed by atoms with van der Waals surface area (Å²) in [6.07, 6.45) is 1.68. The minimum atomic E-state index is -0.439. The molecule has 0 radical (unpaired) electrons. The minimum absolute atomic E-state index is 0.0192. The Labute approximate surface area is 117 Å². The quantitative estimate of drug-likeness (QED) is 0.671. The maximum Gasteiger partial charge on any atom is 0.296 e. The molecular weight excluding hydrogens is 314 g/mol. The SMILES string of the molecule is CCNCc1cn(-c2ccc(Br)cc2[N+](=O)[O-])nn1. The topological polar surface area (TPSA) is 85.9 Å². The van der Waals surface area contributed by atoms with E-state index < -0.39 is 4.92 Å². The van der Waals surface area contributed by atoms with Crippen LogP contribution in [0.5, 0.6) is 0 Å². The standard InChI is InChI=1S/C11H12BrN5O2/c1-2-13-6-9-7-16(15-14-9)10-4-3-8(12)5-11(10)17(18)19/h3-5,7,13H,2,6H2,1H3. The van der Waals surface area contributed by atoms with E-state index in [0.717, 1.165) is 12.2 Å². The number of aromatic nitrogens is 3. The van der Waals surface area contributed by atoms with E-state index in [-0.39, 0.29) is 5.69 Å².